The Labute approximate surface area is 233 Å². The zero-order valence-corrected chi connectivity index (χ0v) is 22.7. The smallest absolute Gasteiger partial charge is 0.293 e. The number of halogens is 1. The molecule has 0 bridgehead atoms. The van der Waals surface area contributed by atoms with Crippen molar-refractivity contribution in [3.63, 3.8) is 0 Å². The van der Waals surface area contributed by atoms with Gasteiger partial charge < -0.3 is 4.74 Å². The van der Waals surface area contributed by atoms with E-state index in [0.29, 0.717) is 17.3 Å². The van der Waals surface area contributed by atoms with Gasteiger partial charge in [0.05, 0.1) is 15.9 Å². The Hall–Kier alpha value is -3.87. The van der Waals surface area contributed by atoms with Crippen LogP contribution in [0.2, 0.25) is 0 Å². The number of fused-ring (bicyclic) bond motifs is 2. The summed E-state index contributed by atoms with van der Waals surface area (Å²) in [5.74, 6) is 0.431. The van der Waals surface area contributed by atoms with Gasteiger partial charge in [-0.25, -0.2) is 0 Å². The highest BCUT2D eigenvalue weighted by molar-refractivity contribution is 9.10. The normalized spacial score (nSPS) is 14.7. The molecule has 5 aromatic carbocycles. The van der Waals surface area contributed by atoms with E-state index in [1.165, 1.54) is 15.7 Å². The zero-order valence-electron chi connectivity index (χ0n) is 20.3. The lowest BCUT2D eigenvalue weighted by molar-refractivity contribution is -0.123. The maximum Gasteiger partial charge on any atom is 0.293 e. The first kappa shape index (κ1) is 24.5. The summed E-state index contributed by atoms with van der Waals surface area (Å²) < 4.78 is 6.89. The second-order valence-electron chi connectivity index (χ2n) is 9.07. The van der Waals surface area contributed by atoms with Gasteiger partial charge in [0.25, 0.3) is 11.1 Å². The largest absolute Gasteiger partial charge is 0.488 e. The summed E-state index contributed by atoms with van der Waals surface area (Å²) in [5.41, 5.74) is 2.84. The maximum atomic E-state index is 13.1. The van der Waals surface area contributed by atoms with Crippen LogP contribution in [0.4, 0.5) is 4.79 Å². The molecule has 4 nitrogen and oxygen atoms in total. The molecular weight excluding hydrogens is 558 g/mol. The summed E-state index contributed by atoms with van der Waals surface area (Å²) in [6.45, 7) is 0.685. The number of hydrogen-bond acceptors (Lipinski definition) is 4. The van der Waals surface area contributed by atoms with Gasteiger partial charge in [-0.05, 0) is 90.2 Å². The first-order valence-electron chi connectivity index (χ1n) is 12.2. The molecule has 38 heavy (non-hydrogen) atoms. The predicted octanol–water partition coefficient (Wildman–Crippen LogP) is 8.57. The van der Waals surface area contributed by atoms with Gasteiger partial charge in [0.1, 0.15) is 12.4 Å². The molecule has 1 aliphatic rings. The Morgan fingerprint density at radius 2 is 1.55 bits per heavy atom. The quantitative estimate of drug-likeness (QED) is 0.189. The average molecular weight is 581 g/mol. The molecule has 0 N–H and O–H groups in total. The van der Waals surface area contributed by atoms with E-state index in [9.17, 15) is 9.59 Å². The van der Waals surface area contributed by atoms with E-state index < -0.39 is 0 Å². The standard InChI is InChI=1S/C32H22BrNO3S/c33-28-17-21(13-15-29(28)37-20-26-10-5-9-24-7-3-4-11-27(24)26)18-30-31(35)34(32(36)38-30)19-22-12-14-23-6-1-2-8-25(23)16-22/h1-18H,19-20H2/b30-18-. The van der Waals surface area contributed by atoms with Gasteiger partial charge in [-0.1, -0.05) is 84.9 Å². The molecule has 1 saturated heterocycles. The number of hydrogen-bond donors (Lipinski definition) is 0. The van der Waals surface area contributed by atoms with Crippen LogP contribution in [0.5, 0.6) is 5.75 Å². The number of rotatable bonds is 6. The number of carbonyl (C=O) groups excluding carboxylic acids is 2. The third-order valence-electron chi connectivity index (χ3n) is 6.54. The number of carbonyl (C=O) groups is 2. The minimum Gasteiger partial charge on any atom is -0.488 e. The van der Waals surface area contributed by atoms with Crippen LogP contribution in [-0.2, 0) is 17.9 Å². The van der Waals surface area contributed by atoms with Crippen LogP contribution in [0.15, 0.2) is 113 Å². The van der Waals surface area contributed by atoms with E-state index in [2.05, 4.69) is 40.2 Å². The molecule has 0 aliphatic carbocycles. The molecule has 6 rings (SSSR count). The van der Waals surface area contributed by atoms with Crippen molar-refractivity contribution in [3.8, 4) is 5.75 Å². The van der Waals surface area contributed by atoms with E-state index in [4.69, 9.17) is 4.74 Å². The average Bonchev–Trinajstić information content (AvgIpc) is 3.19. The van der Waals surface area contributed by atoms with Crippen LogP contribution in [0.25, 0.3) is 27.6 Å². The lowest BCUT2D eigenvalue weighted by atomic mass is 10.1. The highest BCUT2D eigenvalue weighted by atomic mass is 79.9. The molecule has 1 heterocycles. The molecule has 6 heteroatoms. The van der Waals surface area contributed by atoms with Crippen molar-refractivity contribution in [2.45, 2.75) is 13.2 Å². The van der Waals surface area contributed by atoms with Crippen LogP contribution < -0.4 is 4.74 Å². The Bertz CT molecular complexity index is 1740. The van der Waals surface area contributed by atoms with Crippen molar-refractivity contribution < 1.29 is 14.3 Å². The molecule has 186 valence electrons. The van der Waals surface area contributed by atoms with Crippen molar-refractivity contribution in [2.24, 2.45) is 0 Å². The molecule has 0 aromatic heterocycles. The first-order valence-corrected chi connectivity index (χ1v) is 13.8. The Kier molecular flexibility index (Phi) is 6.75. The predicted molar refractivity (Wildman–Crippen MR) is 158 cm³/mol. The third kappa shape index (κ3) is 4.97. The van der Waals surface area contributed by atoms with E-state index in [1.54, 1.807) is 6.08 Å². The van der Waals surface area contributed by atoms with E-state index in [0.717, 1.165) is 43.7 Å². The van der Waals surface area contributed by atoms with Crippen molar-refractivity contribution in [3.05, 3.63) is 129 Å². The summed E-state index contributed by atoms with van der Waals surface area (Å²) in [7, 11) is 0. The number of benzene rings is 5. The number of thioether (sulfide) groups is 1. The van der Waals surface area contributed by atoms with Crippen molar-refractivity contribution in [1.29, 1.82) is 0 Å². The van der Waals surface area contributed by atoms with Crippen LogP contribution >= 0.6 is 27.7 Å². The monoisotopic (exact) mass is 579 g/mol. The van der Waals surface area contributed by atoms with E-state index >= 15 is 0 Å². The van der Waals surface area contributed by atoms with Gasteiger partial charge in [0.15, 0.2) is 0 Å². The minimum atomic E-state index is -0.277. The second kappa shape index (κ2) is 10.5. The molecule has 1 aliphatic heterocycles. The fraction of sp³-hybridized carbons (Fsp3) is 0.0625. The number of imide groups is 1. The molecule has 1 fully saturated rings. The SMILES string of the molecule is O=C1S/C(=C\c2ccc(OCc3cccc4ccccc34)c(Br)c2)C(=O)N1Cc1ccc2ccccc2c1. The molecule has 0 radical (unpaired) electrons. The van der Waals surface area contributed by atoms with Crippen LogP contribution in [0.3, 0.4) is 0 Å². The minimum absolute atomic E-state index is 0.248. The Morgan fingerprint density at radius 1 is 0.789 bits per heavy atom. The summed E-state index contributed by atoms with van der Waals surface area (Å²) in [6, 6.07) is 34.1. The first-order chi connectivity index (χ1) is 18.5. The van der Waals surface area contributed by atoms with Gasteiger partial charge in [-0.2, -0.15) is 0 Å². The van der Waals surface area contributed by atoms with Gasteiger partial charge in [0.2, 0.25) is 0 Å². The summed E-state index contributed by atoms with van der Waals surface area (Å²) in [4.78, 5) is 27.5. The number of amides is 2. The molecule has 5 aromatic rings. The molecule has 0 unspecified atom stereocenters. The molecule has 0 saturated carbocycles. The molecule has 0 spiro atoms. The topological polar surface area (TPSA) is 46.6 Å². The molecule has 0 atom stereocenters. The van der Waals surface area contributed by atoms with Crippen molar-refractivity contribution in [1.82, 2.24) is 4.90 Å². The molecular formula is C32H22BrNO3S. The van der Waals surface area contributed by atoms with Gasteiger partial charge in [0, 0.05) is 0 Å². The summed E-state index contributed by atoms with van der Waals surface area (Å²) in [5, 5.41) is 4.30. The Balaban J connectivity index is 1.16. The Morgan fingerprint density at radius 3 is 2.39 bits per heavy atom. The highest BCUT2D eigenvalue weighted by Gasteiger charge is 2.35. The summed E-state index contributed by atoms with van der Waals surface area (Å²) in [6.07, 6.45) is 1.75. The van der Waals surface area contributed by atoms with Gasteiger partial charge in [-0.15, -0.1) is 0 Å². The third-order valence-corrected chi connectivity index (χ3v) is 8.07. The van der Waals surface area contributed by atoms with Crippen molar-refractivity contribution >= 4 is 66.5 Å². The summed E-state index contributed by atoms with van der Waals surface area (Å²) >= 11 is 4.57. The van der Waals surface area contributed by atoms with Crippen molar-refractivity contribution in [2.75, 3.05) is 0 Å². The zero-order chi connectivity index (χ0) is 26.1. The van der Waals surface area contributed by atoms with Gasteiger partial charge >= 0.3 is 0 Å². The van der Waals surface area contributed by atoms with Gasteiger partial charge in [-0.3, -0.25) is 14.5 Å². The highest BCUT2D eigenvalue weighted by Crippen LogP contribution is 2.35. The fourth-order valence-electron chi connectivity index (χ4n) is 4.61. The van der Waals surface area contributed by atoms with Crippen LogP contribution in [0.1, 0.15) is 16.7 Å². The fourth-order valence-corrected chi connectivity index (χ4v) is 5.95. The van der Waals surface area contributed by atoms with E-state index in [1.807, 2.05) is 78.9 Å². The maximum absolute atomic E-state index is 13.1. The van der Waals surface area contributed by atoms with Crippen LogP contribution in [0, 0.1) is 0 Å². The lowest BCUT2D eigenvalue weighted by Gasteiger charge is -2.13. The van der Waals surface area contributed by atoms with E-state index in [-0.39, 0.29) is 17.7 Å². The van der Waals surface area contributed by atoms with Crippen LogP contribution in [-0.4, -0.2) is 16.0 Å². The molecule has 2 amide bonds. The number of ether oxygens (including phenoxy) is 1. The lowest BCUT2D eigenvalue weighted by Crippen LogP contribution is -2.27. The number of nitrogens with zero attached hydrogens (tertiary/aromatic N) is 1. The second-order valence-corrected chi connectivity index (χ2v) is 10.9.